The molecule has 0 aliphatic carbocycles. The number of pyridine rings is 1. The Hall–Kier alpha value is -2.70. The molecule has 144 valence electrons. The van der Waals surface area contributed by atoms with Gasteiger partial charge in [0.25, 0.3) is 5.91 Å². The van der Waals surface area contributed by atoms with Crippen LogP contribution in [0.1, 0.15) is 26.7 Å². The van der Waals surface area contributed by atoms with Crippen molar-refractivity contribution >= 4 is 27.3 Å². The lowest BCUT2D eigenvalue weighted by Gasteiger charge is -2.19. The Labute approximate surface area is 169 Å². The average molecular weight is 415 g/mol. The number of amides is 1. The zero-order chi connectivity index (χ0) is 20.1. The Morgan fingerprint density at radius 3 is 2.43 bits per heavy atom. The molecule has 3 aromatic rings. The van der Waals surface area contributed by atoms with Crippen LogP contribution >= 0.6 is 11.6 Å². The van der Waals surface area contributed by atoms with Crippen molar-refractivity contribution in [2.45, 2.75) is 17.1 Å². The standard InChI is InChI=1S/C21H19ClN2O3S/c1-15-5-2-3-7-19(15)21(25)24-14-20(16-6-4-12-23-13-16)28(26,27)18-10-8-17(22)9-11-18/h2-13,20H,14H2,1H3,(H,24,25)/t20-/m1/s1. The number of aryl methyl sites for hydroxylation is 1. The van der Waals surface area contributed by atoms with E-state index in [-0.39, 0.29) is 17.3 Å². The summed E-state index contributed by atoms with van der Waals surface area (Å²) in [7, 11) is -3.77. The molecule has 0 fully saturated rings. The monoisotopic (exact) mass is 414 g/mol. The fraction of sp³-hybridized carbons (Fsp3) is 0.143. The largest absolute Gasteiger partial charge is 0.350 e. The second-order valence-corrected chi connectivity index (χ2v) is 8.87. The summed E-state index contributed by atoms with van der Waals surface area (Å²) in [5.74, 6) is -0.321. The van der Waals surface area contributed by atoms with E-state index in [2.05, 4.69) is 10.3 Å². The maximum Gasteiger partial charge on any atom is 0.251 e. The Bertz CT molecular complexity index is 1070. The number of aromatic nitrogens is 1. The molecule has 5 nitrogen and oxygen atoms in total. The number of sulfone groups is 1. The van der Waals surface area contributed by atoms with E-state index in [9.17, 15) is 13.2 Å². The highest BCUT2D eigenvalue weighted by atomic mass is 35.5. The fourth-order valence-electron chi connectivity index (χ4n) is 2.87. The van der Waals surface area contributed by atoms with Crippen molar-refractivity contribution in [1.29, 1.82) is 0 Å². The van der Waals surface area contributed by atoms with Gasteiger partial charge in [0.2, 0.25) is 0 Å². The molecule has 7 heteroatoms. The second-order valence-electron chi connectivity index (χ2n) is 6.30. The van der Waals surface area contributed by atoms with Crippen LogP contribution in [0.3, 0.4) is 0 Å². The third-order valence-corrected chi connectivity index (χ3v) is 6.78. The maximum atomic E-state index is 13.2. The van der Waals surface area contributed by atoms with Gasteiger partial charge in [-0.05, 0) is 54.4 Å². The molecule has 1 N–H and O–H groups in total. The molecule has 1 atom stereocenters. The summed E-state index contributed by atoms with van der Waals surface area (Å²) in [6.45, 7) is 1.75. The van der Waals surface area contributed by atoms with Gasteiger partial charge in [0, 0.05) is 29.5 Å². The van der Waals surface area contributed by atoms with Gasteiger partial charge in [-0.25, -0.2) is 8.42 Å². The summed E-state index contributed by atoms with van der Waals surface area (Å²) in [5.41, 5.74) is 1.83. The van der Waals surface area contributed by atoms with Crippen LogP contribution in [0.25, 0.3) is 0 Å². The molecule has 0 spiro atoms. The van der Waals surface area contributed by atoms with Crippen LogP contribution in [0.4, 0.5) is 0 Å². The first kappa shape index (κ1) is 20.0. The van der Waals surface area contributed by atoms with E-state index in [1.165, 1.54) is 30.5 Å². The predicted octanol–water partition coefficient (Wildman–Crippen LogP) is 3.99. The van der Waals surface area contributed by atoms with Gasteiger partial charge in [-0.15, -0.1) is 0 Å². The minimum atomic E-state index is -3.77. The molecule has 0 aliphatic heterocycles. The molecule has 1 aromatic heterocycles. The highest BCUT2D eigenvalue weighted by molar-refractivity contribution is 7.91. The number of hydrogen-bond acceptors (Lipinski definition) is 4. The predicted molar refractivity (Wildman–Crippen MR) is 109 cm³/mol. The van der Waals surface area contributed by atoms with E-state index >= 15 is 0 Å². The minimum Gasteiger partial charge on any atom is -0.350 e. The van der Waals surface area contributed by atoms with Crippen LogP contribution in [-0.2, 0) is 9.84 Å². The summed E-state index contributed by atoms with van der Waals surface area (Å²) in [5, 5.41) is 2.23. The Morgan fingerprint density at radius 2 is 1.79 bits per heavy atom. The Kier molecular flexibility index (Phi) is 6.11. The molecular weight excluding hydrogens is 396 g/mol. The summed E-state index contributed by atoms with van der Waals surface area (Å²) < 4.78 is 26.5. The molecule has 0 unspecified atom stereocenters. The van der Waals surface area contributed by atoms with Crippen LogP contribution in [0.2, 0.25) is 5.02 Å². The SMILES string of the molecule is Cc1ccccc1C(=O)NC[C@H](c1cccnc1)S(=O)(=O)c1ccc(Cl)cc1. The topological polar surface area (TPSA) is 76.1 Å². The first-order chi connectivity index (χ1) is 13.4. The Morgan fingerprint density at radius 1 is 1.07 bits per heavy atom. The number of nitrogens with zero attached hydrogens (tertiary/aromatic N) is 1. The number of benzene rings is 2. The molecule has 2 aromatic carbocycles. The van der Waals surface area contributed by atoms with Crippen molar-refractivity contribution in [3.63, 3.8) is 0 Å². The smallest absolute Gasteiger partial charge is 0.251 e. The number of carbonyl (C=O) groups is 1. The van der Waals surface area contributed by atoms with Gasteiger partial charge in [0.05, 0.1) is 4.90 Å². The normalized spacial score (nSPS) is 12.4. The molecule has 1 amide bonds. The van der Waals surface area contributed by atoms with E-state index < -0.39 is 15.1 Å². The lowest BCUT2D eigenvalue weighted by Crippen LogP contribution is -2.32. The number of halogens is 1. The zero-order valence-electron chi connectivity index (χ0n) is 15.2. The van der Waals surface area contributed by atoms with Crippen molar-refractivity contribution in [3.05, 3.63) is 94.8 Å². The van der Waals surface area contributed by atoms with E-state index in [1.54, 1.807) is 30.5 Å². The third kappa shape index (κ3) is 4.40. The van der Waals surface area contributed by atoms with Gasteiger partial charge in [0.15, 0.2) is 9.84 Å². The fourth-order valence-corrected chi connectivity index (χ4v) is 4.64. The zero-order valence-corrected chi connectivity index (χ0v) is 16.7. The highest BCUT2D eigenvalue weighted by Crippen LogP contribution is 2.29. The first-order valence-corrected chi connectivity index (χ1v) is 10.6. The molecule has 0 bridgehead atoms. The number of rotatable bonds is 6. The second kappa shape index (κ2) is 8.54. The molecule has 0 saturated heterocycles. The van der Waals surface area contributed by atoms with Crippen molar-refractivity contribution in [3.8, 4) is 0 Å². The average Bonchev–Trinajstić information content (AvgIpc) is 2.69. The number of carbonyl (C=O) groups excluding carboxylic acids is 1. The first-order valence-electron chi connectivity index (χ1n) is 8.63. The lowest BCUT2D eigenvalue weighted by atomic mass is 10.1. The van der Waals surface area contributed by atoms with Crippen molar-refractivity contribution in [2.24, 2.45) is 0 Å². The van der Waals surface area contributed by atoms with Gasteiger partial charge in [-0.3, -0.25) is 9.78 Å². The van der Waals surface area contributed by atoms with Gasteiger partial charge in [-0.1, -0.05) is 35.9 Å². The molecular formula is C21H19ClN2O3S. The van der Waals surface area contributed by atoms with Crippen molar-refractivity contribution in [1.82, 2.24) is 10.3 Å². The van der Waals surface area contributed by atoms with Crippen LogP contribution in [0.5, 0.6) is 0 Å². The molecule has 0 radical (unpaired) electrons. The van der Waals surface area contributed by atoms with Crippen LogP contribution in [-0.4, -0.2) is 25.9 Å². The minimum absolute atomic E-state index is 0.0795. The lowest BCUT2D eigenvalue weighted by molar-refractivity contribution is 0.0953. The summed E-state index contributed by atoms with van der Waals surface area (Å²) >= 11 is 5.88. The van der Waals surface area contributed by atoms with Gasteiger partial charge in [-0.2, -0.15) is 0 Å². The summed E-state index contributed by atoms with van der Waals surface area (Å²) in [6.07, 6.45) is 3.07. The van der Waals surface area contributed by atoms with Crippen molar-refractivity contribution in [2.75, 3.05) is 6.54 Å². The van der Waals surface area contributed by atoms with Crippen molar-refractivity contribution < 1.29 is 13.2 Å². The highest BCUT2D eigenvalue weighted by Gasteiger charge is 2.30. The molecule has 3 rings (SSSR count). The number of nitrogens with one attached hydrogen (secondary N) is 1. The summed E-state index contributed by atoms with van der Waals surface area (Å²) in [4.78, 5) is 16.7. The van der Waals surface area contributed by atoms with Gasteiger partial charge < -0.3 is 5.32 Å². The maximum absolute atomic E-state index is 13.2. The molecule has 0 saturated carbocycles. The van der Waals surface area contributed by atoms with E-state index in [1.807, 2.05) is 19.1 Å². The van der Waals surface area contributed by atoms with E-state index in [0.29, 0.717) is 16.1 Å². The van der Waals surface area contributed by atoms with Gasteiger partial charge in [0.1, 0.15) is 5.25 Å². The van der Waals surface area contributed by atoms with Crippen LogP contribution in [0.15, 0.2) is 78.0 Å². The number of hydrogen-bond donors (Lipinski definition) is 1. The van der Waals surface area contributed by atoms with Gasteiger partial charge >= 0.3 is 0 Å². The Balaban J connectivity index is 1.91. The van der Waals surface area contributed by atoms with Crippen LogP contribution < -0.4 is 5.32 Å². The third-order valence-electron chi connectivity index (χ3n) is 4.41. The molecule has 0 aliphatic rings. The van der Waals surface area contributed by atoms with E-state index in [0.717, 1.165) is 5.56 Å². The van der Waals surface area contributed by atoms with E-state index in [4.69, 9.17) is 11.6 Å². The summed E-state index contributed by atoms with van der Waals surface area (Å²) in [6, 6.07) is 16.5. The molecule has 28 heavy (non-hydrogen) atoms. The molecule has 1 heterocycles. The van der Waals surface area contributed by atoms with Crippen LogP contribution in [0, 0.1) is 6.92 Å². The quantitative estimate of drug-likeness (QED) is 0.661.